The Bertz CT molecular complexity index is 346. The predicted molar refractivity (Wildman–Crippen MR) is 73.2 cm³/mol. The van der Waals surface area contributed by atoms with E-state index in [0.29, 0.717) is 12.4 Å². The zero-order valence-electron chi connectivity index (χ0n) is 10.5. The summed E-state index contributed by atoms with van der Waals surface area (Å²) >= 11 is 5.89. The van der Waals surface area contributed by atoms with Gasteiger partial charge in [0.1, 0.15) is 0 Å². The van der Waals surface area contributed by atoms with Crippen LogP contribution < -0.4 is 5.73 Å². The van der Waals surface area contributed by atoms with E-state index in [-0.39, 0.29) is 0 Å². The van der Waals surface area contributed by atoms with E-state index in [1.807, 2.05) is 45.9 Å². The largest absolute Gasteiger partial charge is 0.387 e. The van der Waals surface area contributed by atoms with Crippen molar-refractivity contribution in [3.05, 3.63) is 34.3 Å². The lowest BCUT2D eigenvalue weighted by molar-refractivity contribution is 1.02. The first-order chi connectivity index (χ1) is 7.63. The number of rotatable bonds is 3. The number of benzene rings is 1. The van der Waals surface area contributed by atoms with Gasteiger partial charge in [-0.05, 0) is 30.2 Å². The highest BCUT2D eigenvalue weighted by Gasteiger charge is 1.98. The molecule has 0 aliphatic carbocycles. The molecule has 1 rings (SSSR count). The van der Waals surface area contributed by atoms with Gasteiger partial charge in [-0.15, -0.1) is 0 Å². The van der Waals surface area contributed by atoms with E-state index in [1.54, 1.807) is 0 Å². The van der Waals surface area contributed by atoms with Crippen molar-refractivity contribution >= 4 is 17.4 Å². The van der Waals surface area contributed by atoms with Crippen molar-refractivity contribution < 1.29 is 0 Å². The third kappa shape index (κ3) is 5.17. The Morgan fingerprint density at radius 3 is 2.56 bits per heavy atom. The number of nitrogens with zero attached hydrogens (tertiary/aromatic N) is 1. The lowest BCUT2D eigenvalue weighted by Crippen LogP contribution is -2.09. The first-order valence-electron chi connectivity index (χ1n) is 5.67. The second kappa shape index (κ2) is 8.17. The maximum Gasteiger partial charge on any atom is 0.0938 e. The fraction of sp³-hybridized carbons (Fsp3) is 0.462. The summed E-state index contributed by atoms with van der Waals surface area (Å²) in [5, 5.41) is 0.746. The molecule has 0 bridgehead atoms. The van der Waals surface area contributed by atoms with Crippen LogP contribution >= 0.6 is 11.6 Å². The van der Waals surface area contributed by atoms with Crippen molar-refractivity contribution in [2.75, 3.05) is 0 Å². The summed E-state index contributed by atoms with van der Waals surface area (Å²) in [6.07, 6.45) is 0.791. The quantitative estimate of drug-likeness (QED) is 0.631. The zero-order chi connectivity index (χ0) is 12.6. The first-order valence-corrected chi connectivity index (χ1v) is 6.05. The molecule has 2 N–H and O–H groups in total. The van der Waals surface area contributed by atoms with Gasteiger partial charge in [0.15, 0.2) is 0 Å². The Labute approximate surface area is 104 Å². The van der Waals surface area contributed by atoms with Gasteiger partial charge in [-0.1, -0.05) is 38.4 Å². The van der Waals surface area contributed by atoms with Gasteiger partial charge >= 0.3 is 0 Å². The molecule has 0 radical (unpaired) electrons. The van der Waals surface area contributed by atoms with E-state index < -0.39 is 0 Å². The number of aryl methyl sites for hydroxylation is 1. The molecule has 1 aromatic carbocycles. The summed E-state index contributed by atoms with van der Waals surface area (Å²) in [6.45, 7) is 8.65. The summed E-state index contributed by atoms with van der Waals surface area (Å²) < 4.78 is 0. The SMILES string of the molecule is CC.CCC(N)=NCc1cc(Cl)ccc1C. The van der Waals surface area contributed by atoms with Gasteiger partial charge in [0.05, 0.1) is 12.4 Å². The van der Waals surface area contributed by atoms with Crippen molar-refractivity contribution in [2.24, 2.45) is 10.7 Å². The van der Waals surface area contributed by atoms with Crippen LogP contribution in [0.4, 0.5) is 0 Å². The van der Waals surface area contributed by atoms with Gasteiger partial charge in [0.25, 0.3) is 0 Å². The molecule has 0 aliphatic heterocycles. The molecule has 0 amide bonds. The van der Waals surface area contributed by atoms with Gasteiger partial charge in [-0.3, -0.25) is 4.99 Å². The lowest BCUT2D eigenvalue weighted by atomic mass is 10.1. The van der Waals surface area contributed by atoms with Crippen LogP contribution in [0.3, 0.4) is 0 Å². The summed E-state index contributed by atoms with van der Waals surface area (Å²) in [7, 11) is 0. The maximum absolute atomic E-state index is 5.89. The highest BCUT2D eigenvalue weighted by Crippen LogP contribution is 2.16. The fourth-order valence-corrected chi connectivity index (χ4v) is 1.30. The monoisotopic (exact) mass is 240 g/mol. The van der Waals surface area contributed by atoms with Crippen molar-refractivity contribution in [3.63, 3.8) is 0 Å². The van der Waals surface area contributed by atoms with Crippen LogP contribution in [-0.4, -0.2) is 5.84 Å². The average Bonchev–Trinajstić information content (AvgIpc) is 2.32. The van der Waals surface area contributed by atoms with Crippen LogP contribution in [0.5, 0.6) is 0 Å². The number of aliphatic imine (C=N–C) groups is 1. The Morgan fingerprint density at radius 1 is 1.38 bits per heavy atom. The van der Waals surface area contributed by atoms with Crippen LogP contribution in [0, 0.1) is 6.92 Å². The van der Waals surface area contributed by atoms with Crippen molar-refractivity contribution in [3.8, 4) is 0 Å². The number of halogens is 1. The number of hydrogen-bond donors (Lipinski definition) is 1. The Hall–Kier alpha value is -1.02. The van der Waals surface area contributed by atoms with Crippen LogP contribution in [0.25, 0.3) is 0 Å². The van der Waals surface area contributed by atoms with Crippen LogP contribution in [-0.2, 0) is 6.54 Å². The smallest absolute Gasteiger partial charge is 0.0938 e. The summed E-state index contributed by atoms with van der Waals surface area (Å²) in [4.78, 5) is 4.25. The minimum absolute atomic E-state index is 0.617. The second-order valence-electron chi connectivity index (χ2n) is 3.23. The molecule has 0 unspecified atom stereocenters. The highest BCUT2D eigenvalue weighted by atomic mass is 35.5. The minimum Gasteiger partial charge on any atom is -0.387 e. The van der Waals surface area contributed by atoms with E-state index in [2.05, 4.69) is 4.99 Å². The molecule has 90 valence electrons. The molecule has 0 spiro atoms. The third-order valence-electron chi connectivity index (χ3n) is 2.13. The summed E-state index contributed by atoms with van der Waals surface area (Å²) in [5.74, 6) is 0.685. The Morgan fingerprint density at radius 2 is 2.00 bits per heavy atom. The van der Waals surface area contributed by atoms with E-state index in [9.17, 15) is 0 Å². The van der Waals surface area contributed by atoms with Crippen LogP contribution in [0.1, 0.15) is 38.3 Å². The van der Waals surface area contributed by atoms with Gasteiger partial charge in [0, 0.05) is 11.4 Å². The second-order valence-corrected chi connectivity index (χ2v) is 3.67. The molecule has 0 aromatic heterocycles. The van der Waals surface area contributed by atoms with E-state index in [0.717, 1.165) is 17.0 Å². The fourth-order valence-electron chi connectivity index (χ4n) is 1.11. The minimum atomic E-state index is 0.617. The van der Waals surface area contributed by atoms with Crippen LogP contribution in [0.15, 0.2) is 23.2 Å². The molecule has 0 fully saturated rings. The maximum atomic E-state index is 5.89. The summed E-state index contributed by atoms with van der Waals surface area (Å²) in [6, 6.07) is 5.81. The molecule has 0 atom stereocenters. The van der Waals surface area contributed by atoms with E-state index >= 15 is 0 Å². The predicted octanol–water partition coefficient (Wildman–Crippen LogP) is 3.94. The number of amidine groups is 1. The molecule has 0 saturated carbocycles. The molecule has 3 heteroatoms. The standard InChI is InChI=1S/C11H15ClN2.C2H6/c1-3-11(13)14-7-9-6-10(12)5-4-8(9)2;1-2/h4-6H,3,7H2,1-2H3,(H2,13,14);1-2H3. The molecule has 0 heterocycles. The lowest BCUT2D eigenvalue weighted by Gasteiger charge is -2.03. The molecular weight excluding hydrogens is 220 g/mol. The number of nitrogens with two attached hydrogens (primary N) is 1. The van der Waals surface area contributed by atoms with Gasteiger partial charge in [-0.25, -0.2) is 0 Å². The zero-order valence-corrected chi connectivity index (χ0v) is 11.3. The van der Waals surface area contributed by atoms with Crippen molar-refractivity contribution in [1.82, 2.24) is 0 Å². The highest BCUT2D eigenvalue weighted by molar-refractivity contribution is 6.30. The molecule has 16 heavy (non-hydrogen) atoms. The molecule has 1 aromatic rings. The third-order valence-corrected chi connectivity index (χ3v) is 2.36. The molecule has 0 aliphatic rings. The molecule has 0 saturated heterocycles. The van der Waals surface area contributed by atoms with E-state index in [4.69, 9.17) is 17.3 Å². The molecule has 2 nitrogen and oxygen atoms in total. The van der Waals surface area contributed by atoms with Gasteiger partial charge in [0.2, 0.25) is 0 Å². The Kier molecular flexibility index (Phi) is 7.65. The topological polar surface area (TPSA) is 38.4 Å². The average molecular weight is 241 g/mol. The normalized spacial score (nSPS) is 10.7. The Balaban J connectivity index is 0.00000106. The number of hydrogen-bond acceptors (Lipinski definition) is 1. The van der Waals surface area contributed by atoms with Gasteiger partial charge < -0.3 is 5.73 Å². The molecular formula is C13H21ClN2. The summed E-state index contributed by atoms with van der Waals surface area (Å²) in [5.41, 5.74) is 7.96. The van der Waals surface area contributed by atoms with Crippen molar-refractivity contribution in [2.45, 2.75) is 40.7 Å². The van der Waals surface area contributed by atoms with Gasteiger partial charge in [-0.2, -0.15) is 0 Å². The van der Waals surface area contributed by atoms with Crippen molar-refractivity contribution in [1.29, 1.82) is 0 Å². The van der Waals surface area contributed by atoms with Crippen LogP contribution in [0.2, 0.25) is 5.02 Å². The van der Waals surface area contributed by atoms with E-state index in [1.165, 1.54) is 5.56 Å². The first kappa shape index (κ1) is 15.0.